The van der Waals surface area contributed by atoms with Crippen LogP contribution in [0.2, 0.25) is 0 Å². The maximum absolute atomic E-state index is 3.56. The Balaban J connectivity index is 2.64. The fraction of sp³-hybridized carbons (Fsp3) is 0. The summed E-state index contributed by atoms with van der Waals surface area (Å²) in [4.78, 5) is 0. The van der Waals surface area contributed by atoms with Crippen LogP contribution in [0.25, 0.3) is 16.4 Å². The molecule has 2 heterocycles. The summed E-state index contributed by atoms with van der Waals surface area (Å²) in [7, 11) is 0. The quantitative estimate of drug-likeness (QED) is 0.567. The first-order chi connectivity index (χ1) is 6.86. The van der Waals surface area contributed by atoms with Crippen molar-refractivity contribution in [1.82, 2.24) is 4.40 Å². The third-order valence-corrected chi connectivity index (χ3v) is 3.18. The second kappa shape index (κ2) is 2.85. The summed E-state index contributed by atoms with van der Waals surface area (Å²) in [5.74, 6) is 0. The average Bonchev–Trinajstić information content (AvgIpc) is 2.66. The van der Waals surface area contributed by atoms with E-state index >= 15 is 0 Å². The molecule has 0 amide bonds. The van der Waals surface area contributed by atoms with Crippen molar-refractivity contribution in [2.45, 2.75) is 0 Å². The molecule has 0 radical (unpaired) electrons. The maximum Gasteiger partial charge on any atom is 0.0539 e. The van der Waals surface area contributed by atoms with Crippen molar-refractivity contribution in [1.29, 1.82) is 0 Å². The van der Waals surface area contributed by atoms with Gasteiger partial charge in [-0.3, -0.25) is 0 Å². The molecule has 2 heteroatoms. The maximum atomic E-state index is 3.56. The van der Waals surface area contributed by atoms with Crippen LogP contribution in [0.5, 0.6) is 0 Å². The smallest absolute Gasteiger partial charge is 0.0539 e. The molecule has 0 saturated carbocycles. The summed E-state index contributed by atoms with van der Waals surface area (Å²) in [6, 6.07) is 14.7. The first-order valence-electron chi connectivity index (χ1n) is 4.50. The second-order valence-corrected chi connectivity index (χ2v) is 4.16. The second-order valence-electron chi connectivity index (χ2n) is 3.31. The Kier molecular flexibility index (Phi) is 1.64. The molecule has 0 unspecified atom stereocenters. The molecular formula is C12H8BrN. The monoisotopic (exact) mass is 245 g/mol. The molecule has 1 aromatic carbocycles. The van der Waals surface area contributed by atoms with Crippen LogP contribution >= 0.6 is 15.9 Å². The van der Waals surface area contributed by atoms with Gasteiger partial charge < -0.3 is 4.40 Å². The van der Waals surface area contributed by atoms with Crippen LogP contribution in [-0.2, 0) is 0 Å². The van der Waals surface area contributed by atoms with E-state index in [-0.39, 0.29) is 0 Å². The van der Waals surface area contributed by atoms with E-state index in [1.807, 2.05) is 0 Å². The van der Waals surface area contributed by atoms with Crippen molar-refractivity contribution in [2.24, 2.45) is 0 Å². The zero-order valence-corrected chi connectivity index (χ0v) is 9.03. The number of pyridine rings is 1. The van der Waals surface area contributed by atoms with Gasteiger partial charge in [0.1, 0.15) is 0 Å². The van der Waals surface area contributed by atoms with E-state index in [9.17, 15) is 0 Å². The van der Waals surface area contributed by atoms with E-state index in [4.69, 9.17) is 0 Å². The van der Waals surface area contributed by atoms with Gasteiger partial charge in [0.2, 0.25) is 0 Å². The van der Waals surface area contributed by atoms with Crippen LogP contribution in [0.4, 0.5) is 0 Å². The fourth-order valence-electron chi connectivity index (χ4n) is 1.82. The zero-order chi connectivity index (χ0) is 9.54. The van der Waals surface area contributed by atoms with Gasteiger partial charge in [-0.1, -0.05) is 22.0 Å². The normalized spacial score (nSPS) is 11.2. The highest BCUT2D eigenvalue weighted by molar-refractivity contribution is 9.10. The van der Waals surface area contributed by atoms with Gasteiger partial charge >= 0.3 is 0 Å². The molecule has 3 rings (SSSR count). The molecule has 3 aromatic rings. The van der Waals surface area contributed by atoms with E-state index in [2.05, 4.69) is 69.0 Å². The molecule has 0 bridgehead atoms. The van der Waals surface area contributed by atoms with Crippen LogP contribution in [0.1, 0.15) is 0 Å². The van der Waals surface area contributed by atoms with Gasteiger partial charge in [-0.2, -0.15) is 0 Å². The average molecular weight is 246 g/mol. The Bertz CT molecular complexity index is 610. The lowest BCUT2D eigenvalue weighted by molar-refractivity contribution is 1.27. The number of benzene rings is 1. The van der Waals surface area contributed by atoms with Crippen LogP contribution in [0, 0.1) is 0 Å². The van der Waals surface area contributed by atoms with E-state index in [0.29, 0.717) is 0 Å². The molecule has 1 nitrogen and oxygen atoms in total. The minimum atomic E-state index is 1.14. The Morgan fingerprint density at radius 1 is 0.929 bits per heavy atom. The van der Waals surface area contributed by atoms with Crippen LogP contribution in [-0.4, -0.2) is 4.40 Å². The molecule has 2 aromatic heterocycles. The van der Waals surface area contributed by atoms with Gasteiger partial charge in [-0.25, -0.2) is 0 Å². The highest BCUT2D eigenvalue weighted by Crippen LogP contribution is 2.24. The number of rotatable bonds is 0. The van der Waals surface area contributed by atoms with Gasteiger partial charge in [0, 0.05) is 21.6 Å². The minimum absolute atomic E-state index is 1.14. The SMILES string of the molecule is Brc1cccc2c1ccc1cccn12. The predicted octanol–water partition coefficient (Wildman–Crippen LogP) is 3.86. The number of aromatic nitrogens is 1. The molecule has 0 aliphatic heterocycles. The Morgan fingerprint density at radius 3 is 2.79 bits per heavy atom. The summed E-state index contributed by atoms with van der Waals surface area (Å²) in [5, 5.41) is 1.25. The number of fused-ring (bicyclic) bond motifs is 3. The molecule has 0 atom stereocenters. The molecule has 14 heavy (non-hydrogen) atoms. The molecule has 0 aliphatic rings. The first-order valence-corrected chi connectivity index (χ1v) is 5.30. The number of hydrogen-bond acceptors (Lipinski definition) is 0. The summed E-state index contributed by atoms with van der Waals surface area (Å²) < 4.78 is 3.34. The van der Waals surface area contributed by atoms with E-state index < -0.39 is 0 Å². The Morgan fingerprint density at radius 2 is 1.86 bits per heavy atom. The molecule has 0 fully saturated rings. The largest absolute Gasteiger partial charge is 0.317 e. The molecule has 0 saturated heterocycles. The van der Waals surface area contributed by atoms with Gasteiger partial charge in [-0.05, 0) is 36.4 Å². The number of hydrogen-bond donors (Lipinski definition) is 0. The van der Waals surface area contributed by atoms with Crippen molar-refractivity contribution in [3.05, 3.63) is 53.1 Å². The lowest BCUT2D eigenvalue weighted by Gasteiger charge is -2.03. The highest BCUT2D eigenvalue weighted by Gasteiger charge is 2.00. The standard InChI is InChI=1S/C12H8BrN/c13-11-4-1-5-12-10(11)7-6-9-3-2-8-14(9)12/h1-8H. The van der Waals surface area contributed by atoms with Crippen molar-refractivity contribution < 1.29 is 0 Å². The minimum Gasteiger partial charge on any atom is -0.317 e. The van der Waals surface area contributed by atoms with Crippen LogP contribution < -0.4 is 0 Å². The Labute approximate surface area is 90.1 Å². The molecule has 0 N–H and O–H groups in total. The van der Waals surface area contributed by atoms with Crippen molar-refractivity contribution in [3.63, 3.8) is 0 Å². The number of nitrogens with zero attached hydrogens (tertiary/aromatic N) is 1. The van der Waals surface area contributed by atoms with E-state index in [0.717, 1.165) is 4.47 Å². The van der Waals surface area contributed by atoms with E-state index in [1.165, 1.54) is 16.4 Å². The summed E-state index contributed by atoms with van der Waals surface area (Å²) in [5.41, 5.74) is 2.47. The lowest BCUT2D eigenvalue weighted by Crippen LogP contribution is -1.85. The van der Waals surface area contributed by atoms with Crippen molar-refractivity contribution >= 4 is 32.3 Å². The zero-order valence-electron chi connectivity index (χ0n) is 7.44. The number of halogens is 1. The first kappa shape index (κ1) is 8.06. The van der Waals surface area contributed by atoms with Crippen molar-refractivity contribution in [3.8, 4) is 0 Å². The molecule has 68 valence electrons. The third-order valence-electron chi connectivity index (χ3n) is 2.49. The van der Waals surface area contributed by atoms with Crippen molar-refractivity contribution in [2.75, 3.05) is 0 Å². The van der Waals surface area contributed by atoms with E-state index in [1.54, 1.807) is 0 Å². The van der Waals surface area contributed by atoms with Crippen LogP contribution in [0.3, 0.4) is 0 Å². The predicted molar refractivity (Wildman–Crippen MR) is 62.6 cm³/mol. The fourth-order valence-corrected chi connectivity index (χ4v) is 2.31. The molecular weight excluding hydrogens is 238 g/mol. The molecule has 0 aliphatic carbocycles. The van der Waals surface area contributed by atoms with Gasteiger partial charge in [0.25, 0.3) is 0 Å². The summed E-state index contributed by atoms with van der Waals surface area (Å²) >= 11 is 3.56. The molecule has 0 spiro atoms. The Hall–Kier alpha value is -1.28. The van der Waals surface area contributed by atoms with Crippen LogP contribution in [0.15, 0.2) is 53.1 Å². The third kappa shape index (κ3) is 1.01. The highest BCUT2D eigenvalue weighted by atomic mass is 79.9. The van der Waals surface area contributed by atoms with Gasteiger partial charge in [-0.15, -0.1) is 0 Å². The summed E-state index contributed by atoms with van der Waals surface area (Å²) in [6.45, 7) is 0. The summed E-state index contributed by atoms with van der Waals surface area (Å²) in [6.07, 6.45) is 2.09. The lowest BCUT2D eigenvalue weighted by atomic mass is 10.2. The van der Waals surface area contributed by atoms with Gasteiger partial charge in [0.05, 0.1) is 5.52 Å². The topological polar surface area (TPSA) is 4.41 Å². The van der Waals surface area contributed by atoms with Gasteiger partial charge in [0.15, 0.2) is 0 Å².